The summed E-state index contributed by atoms with van der Waals surface area (Å²) in [6.45, 7) is 0.809. The molecule has 2 aliphatic carbocycles. The fraction of sp³-hybridized carbons (Fsp3) is 0.619. The zero-order chi connectivity index (χ0) is 18.5. The van der Waals surface area contributed by atoms with Gasteiger partial charge in [-0.15, -0.1) is 10.2 Å². The molecule has 6 nitrogen and oxygen atoms in total. The Morgan fingerprint density at radius 3 is 2.63 bits per heavy atom. The van der Waals surface area contributed by atoms with Crippen LogP contribution < -0.4 is 5.32 Å². The van der Waals surface area contributed by atoms with Crippen LogP contribution in [0.4, 0.5) is 0 Å². The number of hydrogen-bond donors (Lipinski definition) is 1. The van der Waals surface area contributed by atoms with Crippen molar-refractivity contribution < 1.29 is 9.21 Å². The molecule has 2 saturated carbocycles. The minimum atomic E-state index is 0.238. The largest absolute Gasteiger partial charge is 0.420 e. The molecule has 1 amide bonds. The van der Waals surface area contributed by atoms with Gasteiger partial charge in [0.2, 0.25) is 17.7 Å². The van der Waals surface area contributed by atoms with E-state index < -0.39 is 0 Å². The van der Waals surface area contributed by atoms with Gasteiger partial charge in [0, 0.05) is 31.3 Å². The molecule has 0 atom stereocenters. The molecule has 2 aromatic rings. The van der Waals surface area contributed by atoms with Crippen molar-refractivity contribution >= 4 is 5.91 Å². The summed E-state index contributed by atoms with van der Waals surface area (Å²) >= 11 is 0. The first-order valence-corrected chi connectivity index (χ1v) is 10.3. The van der Waals surface area contributed by atoms with Gasteiger partial charge in [0.05, 0.1) is 5.56 Å². The minimum absolute atomic E-state index is 0.238. The average molecular weight is 368 g/mol. The summed E-state index contributed by atoms with van der Waals surface area (Å²) in [4.78, 5) is 16.2. The van der Waals surface area contributed by atoms with E-state index in [1.807, 2.05) is 12.1 Å². The number of carbonyl (C=O) groups excluding carboxylic acids is 1. The third-order valence-electron chi connectivity index (χ3n) is 6.08. The predicted molar refractivity (Wildman–Crippen MR) is 102 cm³/mol. The second-order valence-electron chi connectivity index (χ2n) is 8.06. The van der Waals surface area contributed by atoms with Crippen molar-refractivity contribution in [2.75, 3.05) is 6.54 Å². The number of rotatable bonds is 6. The van der Waals surface area contributed by atoms with Gasteiger partial charge in [0.1, 0.15) is 0 Å². The molecule has 0 radical (unpaired) electrons. The summed E-state index contributed by atoms with van der Waals surface area (Å²) in [5.41, 5.74) is 0.856. The van der Waals surface area contributed by atoms with Crippen LogP contribution in [0.3, 0.4) is 0 Å². The summed E-state index contributed by atoms with van der Waals surface area (Å²) in [6.07, 6.45) is 13.5. The lowest BCUT2D eigenvalue weighted by Crippen LogP contribution is -2.32. The number of amides is 1. The van der Waals surface area contributed by atoms with E-state index in [4.69, 9.17) is 4.42 Å². The van der Waals surface area contributed by atoms with Crippen LogP contribution in [0.25, 0.3) is 11.5 Å². The van der Waals surface area contributed by atoms with Gasteiger partial charge in [-0.05, 0) is 62.5 Å². The third kappa shape index (κ3) is 4.73. The lowest BCUT2D eigenvalue weighted by molar-refractivity contribution is -0.122. The maximum absolute atomic E-state index is 12.1. The molecule has 1 N–H and O–H groups in total. The van der Waals surface area contributed by atoms with E-state index in [-0.39, 0.29) is 5.91 Å². The number of hydrogen-bond acceptors (Lipinski definition) is 5. The molecule has 0 aromatic carbocycles. The first-order chi connectivity index (χ1) is 13.3. The van der Waals surface area contributed by atoms with Crippen molar-refractivity contribution in [3.05, 3.63) is 30.4 Å². The maximum atomic E-state index is 12.1. The molecule has 2 aromatic heterocycles. The molecular formula is C21H28N4O2. The number of carbonyl (C=O) groups is 1. The molecule has 2 heterocycles. The summed E-state index contributed by atoms with van der Waals surface area (Å²) in [5, 5.41) is 11.6. The Kier molecular flexibility index (Phi) is 5.80. The van der Waals surface area contributed by atoms with Crippen LogP contribution in [0.2, 0.25) is 0 Å². The molecule has 0 saturated heterocycles. The van der Waals surface area contributed by atoms with Crippen molar-refractivity contribution in [3.8, 4) is 11.5 Å². The molecule has 0 bridgehead atoms. The van der Waals surface area contributed by atoms with Crippen LogP contribution in [0.1, 0.15) is 69.6 Å². The van der Waals surface area contributed by atoms with Gasteiger partial charge < -0.3 is 9.73 Å². The van der Waals surface area contributed by atoms with Gasteiger partial charge in [-0.2, -0.15) is 0 Å². The highest BCUT2D eigenvalue weighted by Crippen LogP contribution is 2.36. The van der Waals surface area contributed by atoms with E-state index >= 15 is 0 Å². The predicted octanol–water partition coefficient (Wildman–Crippen LogP) is 4.10. The summed E-state index contributed by atoms with van der Waals surface area (Å²) in [5.74, 6) is 3.02. The van der Waals surface area contributed by atoms with Crippen molar-refractivity contribution in [1.82, 2.24) is 20.5 Å². The zero-order valence-electron chi connectivity index (χ0n) is 15.8. The fourth-order valence-electron chi connectivity index (χ4n) is 4.43. The lowest BCUT2D eigenvalue weighted by atomic mass is 9.82. The molecule has 6 heteroatoms. The topological polar surface area (TPSA) is 80.9 Å². The molecule has 0 aliphatic heterocycles. The van der Waals surface area contributed by atoms with E-state index in [1.54, 1.807) is 12.4 Å². The van der Waals surface area contributed by atoms with Gasteiger partial charge in [-0.1, -0.05) is 12.8 Å². The molecule has 144 valence electrons. The van der Waals surface area contributed by atoms with Crippen LogP contribution in [0, 0.1) is 11.8 Å². The van der Waals surface area contributed by atoms with E-state index in [1.165, 1.54) is 25.7 Å². The summed E-state index contributed by atoms with van der Waals surface area (Å²) < 4.78 is 5.89. The smallest absolute Gasteiger partial charge is 0.249 e. The molecule has 27 heavy (non-hydrogen) atoms. The first kappa shape index (κ1) is 18.1. The van der Waals surface area contributed by atoms with Crippen LogP contribution in [-0.4, -0.2) is 27.6 Å². The van der Waals surface area contributed by atoms with E-state index in [0.29, 0.717) is 30.1 Å². The van der Waals surface area contributed by atoms with Crippen LogP contribution in [0.15, 0.2) is 28.9 Å². The van der Waals surface area contributed by atoms with Gasteiger partial charge in [0.25, 0.3) is 0 Å². The van der Waals surface area contributed by atoms with Crippen molar-refractivity contribution in [1.29, 1.82) is 0 Å². The highest BCUT2D eigenvalue weighted by molar-refractivity contribution is 5.76. The first-order valence-electron chi connectivity index (χ1n) is 10.3. The quantitative estimate of drug-likeness (QED) is 0.830. The number of aromatic nitrogens is 3. The second-order valence-corrected chi connectivity index (χ2v) is 8.06. The van der Waals surface area contributed by atoms with E-state index in [2.05, 4.69) is 20.5 Å². The number of nitrogens with one attached hydrogen (secondary N) is 1. The van der Waals surface area contributed by atoms with Gasteiger partial charge in [-0.25, -0.2) is 0 Å². The van der Waals surface area contributed by atoms with Gasteiger partial charge >= 0.3 is 0 Å². The summed E-state index contributed by atoms with van der Waals surface area (Å²) in [7, 11) is 0. The van der Waals surface area contributed by atoms with Crippen LogP contribution >= 0.6 is 0 Å². The number of nitrogens with zero attached hydrogens (tertiary/aromatic N) is 3. The lowest BCUT2D eigenvalue weighted by Gasteiger charge is -2.26. The monoisotopic (exact) mass is 368 g/mol. The second kappa shape index (κ2) is 8.63. The third-order valence-corrected chi connectivity index (χ3v) is 6.08. The van der Waals surface area contributed by atoms with Crippen LogP contribution in [-0.2, 0) is 4.79 Å². The normalized spacial score (nSPS) is 23.4. The molecule has 0 spiro atoms. The Morgan fingerprint density at radius 1 is 1.07 bits per heavy atom. The fourth-order valence-corrected chi connectivity index (χ4v) is 4.43. The molecule has 2 fully saturated rings. The Bertz CT molecular complexity index is 732. The maximum Gasteiger partial charge on any atom is 0.249 e. The average Bonchev–Trinajstić information content (AvgIpc) is 3.40. The Hall–Kier alpha value is -2.24. The number of pyridine rings is 1. The van der Waals surface area contributed by atoms with Crippen LogP contribution in [0.5, 0.6) is 0 Å². The van der Waals surface area contributed by atoms with E-state index in [0.717, 1.165) is 43.7 Å². The van der Waals surface area contributed by atoms with E-state index in [9.17, 15) is 4.79 Å². The van der Waals surface area contributed by atoms with Crippen molar-refractivity contribution in [2.24, 2.45) is 11.8 Å². The Morgan fingerprint density at radius 2 is 1.89 bits per heavy atom. The highest BCUT2D eigenvalue weighted by Gasteiger charge is 2.27. The molecule has 0 unspecified atom stereocenters. The minimum Gasteiger partial charge on any atom is -0.420 e. The van der Waals surface area contributed by atoms with Crippen molar-refractivity contribution in [3.63, 3.8) is 0 Å². The summed E-state index contributed by atoms with van der Waals surface area (Å²) in [6, 6.07) is 3.79. The zero-order valence-corrected chi connectivity index (χ0v) is 15.8. The SMILES string of the molecule is O=C(CC1CCCC1)NCC1CCC(c2nnc(-c3cccnc3)o2)CC1. The van der Waals surface area contributed by atoms with Crippen molar-refractivity contribution in [2.45, 2.75) is 63.7 Å². The Balaban J connectivity index is 1.22. The van der Waals surface area contributed by atoms with Gasteiger partial charge in [0.15, 0.2) is 0 Å². The molecular weight excluding hydrogens is 340 g/mol. The molecule has 2 aliphatic rings. The Labute approximate surface area is 160 Å². The standard InChI is InChI=1S/C21H28N4O2/c26-19(12-15-4-1-2-5-15)23-13-16-7-9-17(10-8-16)20-24-25-21(27-20)18-6-3-11-22-14-18/h3,6,11,14-17H,1-2,4-5,7-10,12-13H2,(H,23,26). The molecule has 4 rings (SSSR count). The van der Waals surface area contributed by atoms with Gasteiger partial charge in [-0.3, -0.25) is 9.78 Å². The highest BCUT2D eigenvalue weighted by atomic mass is 16.4.